The Balaban J connectivity index is 2.60. The van der Waals surface area contributed by atoms with E-state index < -0.39 is 0 Å². The SMILES string of the molecule is CCOCCCn1c(=C(C#N)C#N)s/c(=C/c2ccccc2Br)c1=O. The van der Waals surface area contributed by atoms with Gasteiger partial charge in [-0.05, 0) is 31.1 Å². The molecule has 0 amide bonds. The minimum absolute atomic E-state index is 0.0507. The zero-order valence-corrected chi connectivity index (χ0v) is 16.1. The molecule has 0 fully saturated rings. The van der Waals surface area contributed by atoms with Gasteiger partial charge in [0, 0.05) is 24.2 Å². The maximum atomic E-state index is 12.8. The summed E-state index contributed by atoms with van der Waals surface area (Å²) in [7, 11) is 0. The van der Waals surface area contributed by atoms with Gasteiger partial charge in [0.15, 0.2) is 5.57 Å². The quantitative estimate of drug-likeness (QED) is 0.674. The summed E-state index contributed by atoms with van der Waals surface area (Å²) >= 11 is 4.62. The molecule has 2 aromatic rings. The normalized spacial score (nSPS) is 11.1. The first-order valence-electron chi connectivity index (χ1n) is 7.70. The summed E-state index contributed by atoms with van der Waals surface area (Å²) in [5.41, 5.74) is 0.616. The van der Waals surface area contributed by atoms with Crippen molar-refractivity contribution in [2.24, 2.45) is 0 Å². The first-order chi connectivity index (χ1) is 12.1. The number of nitriles is 2. The third-order valence-electron chi connectivity index (χ3n) is 3.41. The number of aromatic nitrogens is 1. The average Bonchev–Trinajstić information content (AvgIpc) is 2.91. The van der Waals surface area contributed by atoms with Gasteiger partial charge in [0.2, 0.25) is 0 Å². The Bertz CT molecular complexity index is 993. The Morgan fingerprint density at radius 1 is 1.36 bits per heavy atom. The van der Waals surface area contributed by atoms with Crippen molar-refractivity contribution in [3.63, 3.8) is 0 Å². The Morgan fingerprint density at radius 2 is 2.08 bits per heavy atom. The average molecular weight is 418 g/mol. The van der Waals surface area contributed by atoms with Crippen LogP contribution in [0.5, 0.6) is 0 Å². The number of ether oxygens (including phenoxy) is 1. The molecule has 1 aromatic carbocycles. The number of thiazole rings is 1. The number of hydrogen-bond donors (Lipinski definition) is 0. The summed E-state index contributed by atoms with van der Waals surface area (Å²) in [6.07, 6.45) is 2.40. The highest BCUT2D eigenvalue weighted by atomic mass is 79.9. The van der Waals surface area contributed by atoms with Crippen LogP contribution in [0.1, 0.15) is 18.9 Å². The molecule has 0 saturated carbocycles. The van der Waals surface area contributed by atoms with Crippen LogP contribution in [-0.2, 0) is 11.3 Å². The molecule has 7 heteroatoms. The molecule has 0 spiro atoms. The molecule has 5 nitrogen and oxygen atoms in total. The van der Waals surface area contributed by atoms with Crippen LogP contribution in [0.15, 0.2) is 33.5 Å². The Morgan fingerprint density at radius 3 is 2.72 bits per heavy atom. The van der Waals surface area contributed by atoms with Gasteiger partial charge in [-0.15, -0.1) is 11.3 Å². The number of halogens is 1. The van der Waals surface area contributed by atoms with E-state index in [9.17, 15) is 15.3 Å². The fourth-order valence-corrected chi connectivity index (χ4v) is 3.70. The molecule has 0 unspecified atom stereocenters. The molecule has 0 saturated heterocycles. The van der Waals surface area contributed by atoms with Gasteiger partial charge in [0.05, 0.1) is 4.53 Å². The standard InChI is InChI=1S/C18H16BrN3O2S/c1-2-24-9-5-8-22-17(23)16(25-18(22)14(11-20)12-21)10-13-6-3-4-7-15(13)19/h3-4,6-7,10H,2,5,8-9H2,1H3/b16-10+. The predicted molar refractivity (Wildman–Crippen MR) is 101 cm³/mol. The van der Waals surface area contributed by atoms with Crippen molar-refractivity contribution in [3.8, 4) is 12.1 Å². The van der Waals surface area contributed by atoms with Crippen molar-refractivity contribution in [1.82, 2.24) is 4.57 Å². The summed E-state index contributed by atoms with van der Waals surface area (Å²) in [5, 5.41) is 18.4. The van der Waals surface area contributed by atoms with Gasteiger partial charge in [-0.3, -0.25) is 9.36 Å². The van der Waals surface area contributed by atoms with Gasteiger partial charge in [-0.25, -0.2) is 0 Å². The second kappa shape index (κ2) is 9.33. The molecule has 0 N–H and O–H groups in total. The van der Waals surface area contributed by atoms with Crippen LogP contribution in [0.3, 0.4) is 0 Å². The maximum absolute atomic E-state index is 12.8. The molecular weight excluding hydrogens is 402 g/mol. The van der Waals surface area contributed by atoms with Crippen LogP contribution in [-0.4, -0.2) is 17.8 Å². The lowest BCUT2D eigenvalue weighted by Crippen LogP contribution is -2.32. The molecule has 25 heavy (non-hydrogen) atoms. The fourth-order valence-electron chi connectivity index (χ4n) is 2.23. The van der Waals surface area contributed by atoms with Crippen LogP contribution in [0.2, 0.25) is 0 Å². The van der Waals surface area contributed by atoms with Crippen molar-refractivity contribution in [3.05, 3.63) is 53.9 Å². The second-order valence-corrected chi connectivity index (χ2v) is 6.93. The van der Waals surface area contributed by atoms with Crippen molar-refractivity contribution >= 4 is 38.9 Å². The van der Waals surface area contributed by atoms with Gasteiger partial charge in [-0.1, -0.05) is 34.1 Å². The van der Waals surface area contributed by atoms with Crippen LogP contribution in [0.4, 0.5) is 0 Å². The van der Waals surface area contributed by atoms with Crippen molar-refractivity contribution < 1.29 is 4.74 Å². The molecule has 0 aliphatic rings. The van der Waals surface area contributed by atoms with Gasteiger partial charge in [-0.2, -0.15) is 10.5 Å². The maximum Gasteiger partial charge on any atom is 0.269 e. The van der Waals surface area contributed by atoms with Crippen LogP contribution >= 0.6 is 27.3 Å². The highest BCUT2D eigenvalue weighted by molar-refractivity contribution is 9.10. The lowest BCUT2D eigenvalue weighted by molar-refractivity contribution is 0.141. The lowest BCUT2D eigenvalue weighted by atomic mass is 10.2. The van der Waals surface area contributed by atoms with Crippen LogP contribution < -0.4 is 14.8 Å². The van der Waals surface area contributed by atoms with Crippen molar-refractivity contribution in [1.29, 1.82) is 10.5 Å². The van der Waals surface area contributed by atoms with Crippen molar-refractivity contribution in [2.75, 3.05) is 13.2 Å². The highest BCUT2D eigenvalue weighted by Gasteiger charge is 2.09. The van der Waals surface area contributed by atoms with E-state index in [1.54, 1.807) is 6.08 Å². The summed E-state index contributed by atoms with van der Waals surface area (Å²) in [6, 6.07) is 11.3. The lowest BCUT2D eigenvalue weighted by Gasteiger charge is -2.02. The molecule has 2 rings (SSSR count). The Labute approximate surface area is 157 Å². The summed E-state index contributed by atoms with van der Waals surface area (Å²) < 4.78 is 8.55. The largest absolute Gasteiger partial charge is 0.382 e. The number of rotatable bonds is 6. The van der Waals surface area contributed by atoms with E-state index in [0.29, 0.717) is 35.4 Å². The van der Waals surface area contributed by atoms with Crippen LogP contribution in [0, 0.1) is 22.7 Å². The molecule has 0 aliphatic heterocycles. The Kier molecular flexibility index (Phi) is 7.15. The van der Waals surface area contributed by atoms with E-state index >= 15 is 0 Å². The minimum atomic E-state index is -0.199. The van der Waals surface area contributed by atoms with E-state index in [1.807, 2.05) is 43.3 Å². The molecule has 1 aromatic heterocycles. The molecular formula is C18H16BrN3O2S. The highest BCUT2D eigenvalue weighted by Crippen LogP contribution is 2.15. The second-order valence-electron chi connectivity index (χ2n) is 5.04. The van der Waals surface area contributed by atoms with Gasteiger partial charge >= 0.3 is 0 Å². The van der Waals surface area contributed by atoms with Crippen molar-refractivity contribution in [2.45, 2.75) is 19.9 Å². The fraction of sp³-hybridized carbons (Fsp3) is 0.278. The molecule has 0 bridgehead atoms. The van der Waals surface area contributed by atoms with E-state index in [4.69, 9.17) is 4.74 Å². The molecule has 0 atom stereocenters. The first kappa shape index (κ1) is 19.1. The van der Waals surface area contributed by atoms with Gasteiger partial charge in [0.1, 0.15) is 16.8 Å². The molecule has 0 aliphatic carbocycles. The van der Waals surface area contributed by atoms with E-state index in [2.05, 4.69) is 15.9 Å². The monoisotopic (exact) mass is 417 g/mol. The predicted octanol–water partition coefficient (Wildman–Crippen LogP) is 2.13. The smallest absolute Gasteiger partial charge is 0.269 e. The number of hydrogen-bond acceptors (Lipinski definition) is 5. The molecule has 0 radical (unpaired) electrons. The van der Waals surface area contributed by atoms with E-state index in [1.165, 1.54) is 4.57 Å². The molecule has 1 heterocycles. The summed E-state index contributed by atoms with van der Waals surface area (Å²) in [4.78, 5) is 12.8. The summed E-state index contributed by atoms with van der Waals surface area (Å²) in [6.45, 7) is 3.45. The third-order valence-corrected chi connectivity index (χ3v) is 5.26. The third kappa shape index (κ3) is 4.67. The first-order valence-corrected chi connectivity index (χ1v) is 9.31. The number of nitrogens with zero attached hydrogens (tertiary/aromatic N) is 3. The summed E-state index contributed by atoms with van der Waals surface area (Å²) in [5.74, 6) is 0. The van der Waals surface area contributed by atoms with E-state index in [0.717, 1.165) is 21.4 Å². The van der Waals surface area contributed by atoms with Gasteiger partial charge < -0.3 is 4.74 Å². The zero-order valence-electron chi connectivity index (χ0n) is 13.7. The van der Waals surface area contributed by atoms with E-state index in [-0.39, 0.29) is 11.1 Å². The Hall–Kier alpha value is -2.19. The van der Waals surface area contributed by atoms with Gasteiger partial charge in [0.25, 0.3) is 5.56 Å². The zero-order chi connectivity index (χ0) is 18.2. The minimum Gasteiger partial charge on any atom is -0.382 e. The topological polar surface area (TPSA) is 78.8 Å². The molecule has 128 valence electrons. The number of benzene rings is 1. The van der Waals surface area contributed by atoms with Crippen LogP contribution in [0.25, 0.3) is 11.6 Å².